The molecule has 1 aromatic carbocycles. The van der Waals surface area contributed by atoms with Crippen LogP contribution in [0.25, 0.3) is 10.8 Å². The summed E-state index contributed by atoms with van der Waals surface area (Å²) in [7, 11) is 0. The summed E-state index contributed by atoms with van der Waals surface area (Å²) in [6, 6.07) is 8.03. The van der Waals surface area contributed by atoms with Crippen molar-refractivity contribution in [2.75, 3.05) is 18.0 Å². The molecule has 0 aliphatic heterocycles. The number of benzene rings is 1. The van der Waals surface area contributed by atoms with Gasteiger partial charge in [0.2, 0.25) is 0 Å². The molecule has 20 heavy (non-hydrogen) atoms. The maximum atomic E-state index is 9.76. The number of phenols is 1. The van der Waals surface area contributed by atoms with Crippen LogP contribution in [0.15, 0.2) is 30.5 Å². The van der Waals surface area contributed by atoms with Crippen molar-refractivity contribution in [2.45, 2.75) is 31.7 Å². The summed E-state index contributed by atoms with van der Waals surface area (Å²) in [5.41, 5.74) is 5.66. The van der Waals surface area contributed by atoms with Gasteiger partial charge in [0.05, 0.1) is 0 Å². The molecule has 3 N–H and O–H groups in total. The third kappa shape index (κ3) is 2.43. The van der Waals surface area contributed by atoms with Crippen molar-refractivity contribution in [3.05, 3.63) is 30.5 Å². The average Bonchev–Trinajstić information content (AvgIpc) is 2.40. The molecule has 1 aliphatic rings. The molecule has 4 nitrogen and oxygen atoms in total. The van der Waals surface area contributed by atoms with E-state index in [-0.39, 0.29) is 0 Å². The first kappa shape index (κ1) is 13.2. The summed E-state index contributed by atoms with van der Waals surface area (Å²) in [4.78, 5) is 6.95. The average molecular weight is 271 g/mol. The molecule has 2 aromatic rings. The van der Waals surface area contributed by atoms with Crippen LogP contribution in [-0.4, -0.2) is 29.2 Å². The number of anilines is 1. The molecule has 0 radical (unpaired) electrons. The molecule has 3 rings (SSSR count). The fourth-order valence-corrected chi connectivity index (χ4v) is 2.79. The van der Waals surface area contributed by atoms with Gasteiger partial charge in [-0.3, -0.25) is 0 Å². The summed E-state index contributed by atoms with van der Waals surface area (Å²) in [6.07, 6.45) is 6.55. The van der Waals surface area contributed by atoms with E-state index >= 15 is 0 Å². The van der Waals surface area contributed by atoms with Crippen molar-refractivity contribution < 1.29 is 5.11 Å². The van der Waals surface area contributed by atoms with Gasteiger partial charge in [0.15, 0.2) is 0 Å². The van der Waals surface area contributed by atoms with Crippen molar-refractivity contribution in [3.8, 4) is 5.75 Å². The Balaban J connectivity index is 2.02. The van der Waals surface area contributed by atoms with Crippen LogP contribution in [0.3, 0.4) is 0 Å². The van der Waals surface area contributed by atoms with E-state index in [1.807, 2.05) is 24.4 Å². The summed E-state index contributed by atoms with van der Waals surface area (Å²) < 4.78 is 0. The molecular weight excluding hydrogens is 250 g/mol. The lowest BCUT2D eigenvalue weighted by Gasteiger charge is -2.39. The monoisotopic (exact) mass is 271 g/mol. The molecule has 1 aliphatic carbocycles. The normalized spacial score (nSPS) is 15.2. The number of phenolic OH excluding ortho intramolecular Hbond substituents is 1. The first-order valence-electron chi connectivity index (χ1n) is 7.34. The zero-order valence-corrected chi connectivity index (χ0v) is 11.6. The molecule has 106 valence electrons. The number of fused-ring (bicyclic) bond motifs is 1. The SMILES string of the molecule is NCCCN(c1nccc2ccc(O)cc12)C1CCC1. The van der Waals surface area contributed by atoms with E-state index < -0.39 is 0 Å². The van der Waals surface area contributed by atoms with Gasteiger partial charge < -0.3 is 15.7 Å². The lowest BCUT2D eigenvalue weighted by Crippen LogP contribution is -2.42. The van der Waals surface area contributed by atoms with Crippen LogP contribution in [0.4, 0.5) is 5.82 Å². The molecule has 0 saturated heterocycles. The quantitative estimate of drug-likeness (QED) is 0.877. The van der Waals surface area contributed by atoms with Gasteiger partial charge in [0, 0.05) is 24.2 Å². The highest BCUT2D eigenvalue weighted by Gasteiger charge is 2.26. The topological polar surface area (TPSA) is 62.4 Å². The molecular formula is C16H21N3O. The number of hydrogen-bond donors (Lipinski definition) is 2. The van der Waals surface area contributed by atoms with Gasteiger partial charge in [-0.2, -0.15) is 0 Å². The highest BCUT2D eigenvalue weighted by Crippen LogP contribution is 2.33. The van der Waals surface area contributed by atoms with Crippen LogP contribution in [0.1, 0.15) is 25.7 Å². The fraction of sp³-hybridized carbons (Fsp3) is 0.438. The molecule has 0 amide bonds. The predicted molar refractivity (Wildman–Crippen MR) is 82.1 cm³/mol. The van der Waals surface area contributed by atoms with Crippen LogP contribution in [0, 0.1) is 0 Å². The van der Waals surface area contributed by atoms with Crippen molar-refractivity contribution >= 4 is 16.6 Å². The van der Waals surface area contributed by atoms with Gasteiger partial charge in [-0.25, -0.2) is 4.98 Å². The van der Waals surface area contributed by atoms with Crippen LogP contribution in [0.2, 0.25) is 0 Å². The molecule has 1 saturated carbocycles. The van der Waals surface area contributed by atoms with Crippen molar-refractivity contribution in [1.82, 2.24) is 4.98 Å². The lowest BCUT2D eigenvalue weighted by atomic mass is 9.91. The van der Waals surface area contributed by atoms with Gasteiger partial charge in [-0.15, -0.1) is 0 Å². The molecule has 0 spiro atoms. The Labute approximate surface area is 119 Å². The summed E-state index contributed by atoms with van der Waals surface area (Å²) in [5.74, 6) is 1.27. The van der Waals surface area contributed by atoms with Gasteiger partial charge in [0.25, 0.3) is 0 Å². The summed E-state index contributed by atoms with van der Waals surface area (Å²) >= 11 is 0. The second-order valence-corrected chi connectivity index (χ2v) is 5.46. The Bertz CT molecular complexity index is 595. The molecule has 1 heterocycles. The maximum Gasteiger partial charge on any atom is 0.136 e. The lowest BCUT2D eigenvalue weighted by molar-refractivity contribution is 0.383. The minimum atomic E-state index is 0.291. The molecule has 0 unspecified atom stereocenters. The van der Waals surface area contributed by atoms with Gasteiger partial charge in [-0.05, 0) is 55.8 Å². The zero-order valence-electron chi connectivity index (χ0n) is 11.6. The standard InChI is InChI=1S/C16H21N3O/c17-8-2-10-19(13-3-1-4-13)16-15-11-14(20)6-5-12(15)7-9-18-16/h5-7,9,11,13,20H,1-4,8,10,17H2. The highest BCUT2D eigenvalue weighted by atomic mass is 16.3. The van der Waals surface area contributed by atoms with E-state index in [0.29, 0.717) is 18.3 Å². The van der Waals surface area contributed by atoms with E-state index in [1.54, 1.807) is 6.07 Å². The number of aromatic nitrogens is 1. The van der Waals surface area contributed by atoms with E-state index in [2.05, 4.69) is 9.88 Å². The Hall–Kier alpha value is -1.81. The Morgan fingerprint density at radius 2 is 2.15 bits per heavy atom. The molecule has 1 fully saturated rings. The first-order chi connectivity index (χ1) is 9.79. The Morgan fingerprint density at radius 3 is 2.85 bits per heavy atom. The number of hydrogen-bond acceptors (Lipinski definition) is 4. The van der Waals surface area contributed by atoms with E-state index in [4.69, 9.17) is 5.73 Å². The molecule has 1 aromatic heterocycles. The van der Waals surface area contributed by atoms with Crippen LogP contribution in [0.5, 0.6) is 5.75 Å². The Morgan fingerprint density at radius 1 is 1.30 bits per heavy atom. The van der Waals surface area contributed by atoms with E-state index in [1.165, 1.54) is 19.3 Å². The molecule has 0 bridgehead atoms. The van der Waals surface area contributed by atoms with Crippen molar-refractivity contribution in [2.24, 2.45) is 5.73 Å². The molecule has 4 heteroatoms. The van der Waals surface area contributed by atoms with Gasteiger partial charge in [0.1, 0.15) is 11.6 Å². The van der Waals surface area contributed by atoms with E-state index in [9.17, 15) is 5.11 Å². The van der Waals surface area contributed by atoms with Gasteiger partial charge >= 0.3 is 0 Å². The number of nitrogens with two attached hydrogens (primary N) is 1. The minimum Gasteiger partial charge on any atom is -0.508 e. The van der Waals surface area contributed by atoms with Gasteiger partial charge in [-0.1, -0.05) is 6.07 Å². The number of pyridine rings is 1. The van der Waals surface area contributed by atoms with Crippen molar-refractivity contribution in [3.63, 3.8) is 0 Å². The number of aromatic hydroxyl groups is 1. The second-order valence-electron chi connectivity index (χ2n) is 5.46. The second kappa shape index (κ2) is 5.67. The highest BCUT2D eigenvalue weighted by molar-refractivity contribution is 5.93. The summed E-state index contributed by atoms with van der Waals surface area (Å²) in [6.45, 7) is 1.63. The van der Waals surface area contributed by atoms with Crippen molar-refractivity contribution in [1.29, 1.82) is 0 Å². The number of nitrogens with zero attached hydrogens (tertiary/aromatic N) is 2. The number of rotatable bonds is 5. The maximum absolute atomic E-state index is 9.76. The molecule has 0 atom stereocenters. The predicted octanol–water partition coefficient (Wildman–Crippen LogP) is 2.65. The smallest absolute Gasteiger partial charge is 0.136 e. The Kier molecular flexibility index (Phi) is 3.74. The van der Waals surface area contributed by atoms with Crippen LogP contribution >= 0.6 is 0 Å². The largest absolute Gasteiger partial charge is 0.508 e. The van der Waals surface area contributed by atoms with Crippen LogP contribution < -0.4 is 10.6 Å². The van der Waals surface area contributed by atoms with Crippen LogP contribution in [-0.2, 0) is 0 Å². The van der Waals surface area contributed by atoms with E-state index in [0.717, 1.165) is 29.6 Å². The summed E-state index contributed by atoms with van der Waals surface area (Å²) in [5, 5.41) is 11.9. The first-order valence-corrected chi connectivity index (χ1v) is 7.34. The minimum absolute atomic E-state index is 0.291. The third-order valence-electron chi connectivity index (χ3n) is 4.12. The third-order valence-corrected chi connectivity index (χ3v) is 4.12. The fourth-order valence-electron chi connectivity index (χ4n) is 2.79. The zero-order chi connectivity index (χ0) is 13.9.